The number of methoxy groups -OCH3 is 1. The van der Waals surface area contributed by atoms with Crippen LogP contribution in [0.5, 0.6) is 5.75 Å². The van der Waals surface area contributed by atoms with Crippen LogP contribution in [0, 0.1) is 35.0 Å². The van der Waals surface area contributed by atoms with Crippen LogP contribution in [0.15, 0.2) is 40.9 Å². The molecule has 3 aliphatic heterocycles. The number of likely N-dealkylation sites (N-methyl/N-ethyl adjacent to an activating group) is 2. The van der Waals surface area contributed by atoms with Gasteiger partial charge in [0.2, 0.25) is 17.7 Å². The van der Waals surface area contributed by atoms with Crippen molar-refractivity contribution < 1.29 is 38.6 Å². The highest BCUT2D eigenvalue weighted by Crippen LogP contribution is 2.34. The number of carbonyl (C=O) groups is 5. The first-order chi connectivity index (χ1) is 29.1. The Morgan fingerprint density at radius 1 is 0.952 bits per heavy atom. The number of rotatable bonds is 7. The van der Waals surface area contributed by atoms with Crippen molar-refractivity contribution in [3.63, 3.8) is 0 Å². The normalized spacial score (nSPS) is 31.4. The highest BCUT2D eigenvalue weighted by atomic mass is 32.2. The number of aliphatic imine (C=N–C) groups is 1. The van der Waals surface area contributed by atoms with E-state index in [0.29, 0.717) is 55.7 Å². The summed E-state index contributed by atoms with van der Waals surface area (Å²) in [5.74, 6) is -1.66. The molecule has 2 unspecified atom stereocenters. The summed E-state index contributed by atoms with van der Waals surface area (Å²) >= 11 is 1.59. The molecule has 1 aromatic carbocycles. The molecule has 12 nitrogen and oxygen atoms in total. The molecule has 13 heteroatoms. The van der Waals surface area contributed by atoms with Crippen LogP contribution in [0.1, 0.15) is 120 Å². The maximum Gasteiger partial charge on any atom is 0.329 e. The summed E-state index contributed by atoms with van der Waals surface area (Å²) in [5.41, 5.74) is 1.33. The summed E-state index contributed by atoms with van der Waals surface area (Å²) in [6.45, 7) is 20.3. The third-order valence-electron chi connectivity index (χ3n) is 13.4. The summed E-state index contributed by atoms with van der Waals surface area (Å²) < 4.78 is 11.8. The molecular formula is C49H76N4O8S. The van der Waals surface area contributed by atoms with E-state index < -0.39 is 48.1 Å². The van der Waals surface area contributed by atoms with Crippen LogP contribution in [-0.2, 0) is 35.1 Å². The van der Waals surface area contributed by atoms with Gasteiger partial charge in [0.15, 0.2) is 5.78 Å². The Balaban J connectivity index is 1.75. The van der Waals surface area contributed by atoms with Crippen LogP contribution in [0.25, 0.3) is 0 Å². The molecular weight excluding hydrogens is 805 g/mol. The fourth-order valence-electron chi connectivity index (χ4n) is 9.33. The zero-order valence-electron chi connectivity index (χ0n) is 39.8. The molecule has 2 bridgehead atoms. The lowest BCUT2D eigenvalue weighted by Crippen LogP contribution is -2.58. The van der Waals surface area contributed by atoms with Crippen LogP contribution in [0.2, 0.25) is 0 Å². The van der Waals surface area contributed by atoms with E-state index in [9.17, 15) is 29.1 Å². The molecule has 62 heavy (non-hydrogen) atoms. The first-order valence-corrected chi connectivity index (χ1v) is 23.8. The minimum Gasteiger partial charge on any atom is -0.497 e. The number of fused-ring (bicyclic) bond motifs is 2. The Morgan fingerprint density at radius 3 is 2.23 bits per heavy atom. The van der Waals surface area contributed by atoms with E-state index in [2.05, 4.69) is 34.6 Å². The average Bonchev–Trinajstić information content (AvgIpc) is 3.91. The van der Waals surface area contributed by atoms with Gasteiger partial charge in [-0.1, -0.05) is 80.0 Å². The number of benzene rings is 1. The Hall–Kier alpha value is -3.71. The van der Waals surface area contributed by atoms with Crippen molar-refractivity contribution in [1.82, 2.24) is 14.7 Å². The second-order valence-electron chi connectivity index (χ2n) is 19.8. The molecule has 1 N–H and O–H groups in total. The predicted molar refractivity (Wildman–Crippen MR) is 247 cm³/mol. The summed E-state index contributed by atoms with van der Waals surface area (Å²) in [6.07, 6.45) is 4.45. The van der Waals surface area contributed by atoms with Gasteiger partial charge in [-0.25, -0.2) is 4.79 Å². The number of aliphatic hydroxyl groups is 1. The molecule has 346 valence electrons. The van der Waals surface area contributed by atoms with Gasteiger partial charge in [0.1, 0.15) is 30.0 Å². The van der Waals surface area contributed by atoms with Crippen molar-refractivity contribution in [3.05, 3.63) is 41.5 Å². The maximum absolute atomic E-state index is 14.7. The van der Waals surface area contributed by atoms with Crippen LogP contribution >= 0.6 is 11.8 Å². The number of hydrogen-bond acceptors (Lipinski definition) is 10. The first kappa shape index (κ1) is 50.9. The van der Waals surface area contributed by atoms with E-state index >= 15 is 0 Å². The Kier molecular flexibility index (Phi) is 18.3. The molecule has 0 aromatic heterocycles. The monoisotopic (exact) mass is 881 g/mol. The molecule has 0 aliphatic carbocycles. The van der Waals surface area contributed by atoms with Crippen molar-refractivity contribution in [3.8, 4) is 5.75 Å². The zero-order chi connectivity index (χ0) is 46.2. The lowest BCUT2D eigenvalue weighted by Gasteiger charge is -2.39. The maximum atomic E-state index is 14.7. The number of Topliss-reactive ketones (excluding diaryl/α,β-unsaturated/α-hetero) is 1. The van der Waals surface area contributed by atoms with Gasteiger partial charge in [0.05, 0.1) is 24.3 Å². The molecule has 3 amide bonds. The van der Waals surface area contributed by atoms with E-state index in [1.807, 2.05) is 51.1 Å². The first-order valence-electron chi connectivity index (χ1n) is 22.8. The quantitative estimate of drug-likeness (QED) is 0.277. The van der Waals surface area contributed by atoms with Gasteiger partial charge in [-0.3, -0.25) is 24.2 Å². The number of thioether (sulfide) groups is 1. The van der Waals surface area contributed by atoms with Crippen LogP contribution in [0.3, 0.4) is 0 Å². The van der Waals surface area contributed by atoms with Crippen LogP contribution < -0.4 is 4.74 Å². The average molecular weight is 881 g/mol. The Bertz CT molecular complexity index is 1790. The van der Waals surface area contributed by atoms with Crippen molar-refractivity contribution in [1.29, 1.82) is 0 Å². The van der Waals surface area contributed by atoms with E-state index in [0.717, 1.165) is 17.0 Å². The van der Waals surface area contributed by atoms with Crippen molar-refractivity contribution in [2.45, 2.75) is 157 Å². The van der Waals surface area contributed by atoms with E-state index in [4.69, 9.17) is 14.5 Å². The minimum absolute atomic E-state index is 0.00848. The second kappa shape index (κ2) is 22.3. The Morgan fingerprint density at radius 2 is 1.61 bits per heavy atom. The van der Waals surface area contributed by atoms with Gasteiger partial charge in [-0.2, -0.15) is 0 Å². The third-order valence-corrected chi connectivity index (χ3v) is 14.7. The summed E-state index contributed by atoms with van der Waals surface area (Å²) in [6, 6.07) is 4.47. The van der Waals surface area contributed by atoms with E-state index in [-0.39, 0.29) is 65.6 Å². The van der Waals surface area contributed by atoms with Gasteiger partial charge in [0.25, 0.3) is 0 Å². The number of aliphatic hydroxyl groups excluding tert-OH is 1. The van der Waals surface area contributed by atoms with Gasteiger partial charge in [-0.05, 0) is 98.8 Å². The van der Waals surface area contributed by atoms with Crippen molar-refractivity contribution in [2.24, 2.45) is 40.0 Å². The molecule has 3 aliphatic rings. The standard InChI is InChI=1S/C49H76N4O8S/c1-14-30(3)43-47(58)53-21-15-16-39(53)48(59)61-42(32(5)27-49(8,9)10)23-29(2)22-41(55)33(6)44-50-37(28-62-44)24-31(4)40(54)26-36(25-35-17-19-38(60-13)20-18-35)46(57)51(11)34(7)45(56)52(43)12/h17-20,24,29-30,32-34,36-37,39,41-43,55H,14-16,21-23,25-28H2,1-13H3/b31-24+/t29-,30-,32?,33-,34-,36+,37-,39-,41-,42?,43-/m0/s1. The molecule has 0 radical (unpaired) electrons. The summed E-state index contributed by atoms with van der Waals surface area (Å²) in [4.78, 5) is 81.3. The van der Waals surface area contributed by atoms with Crippen LogP contribution in [-0.4, -0.2) is 124 Å². The second-order valence-corrected chi connectivity index (χ2v) is 20.9. The molecule has 1 fully saturated rings. The largest absolute Gasteiger partial charge is 0.497 e. The minimum atomic E-state index is -0.960. The molecule has 1 saturated heterocycles. The fourth-order valence-corrected chi connectivity index (χ4v) is 10.5. The molecule has 11 atom stereocenters. The molecule has 0 saturated carbocycles. The molecule has 3 heterocycles. The highest BCUT2D eigenvalue weighted by molar-refractivity contribution is 8.14. The fraction of sp³-hybridized carbons (Fsp3) is 0.714. The van der Waals surface area contributed by atoms with Crippen LogP contribution in [0.4, 0.5) is 0 Å². The highest BCUT2D eigenvalue weighted by Gasteiger charge is 2.44. The smallest absolute Gasteiger partial charge is 0.329 e. The van der Waals surface area contributed by atoms with E-state index in [1.165, 1.54) is 9.80 Å². The lowest BCUT2D eigenvalue weighted by atomic mass is 9.80. The van der Waals surface area contributed by atoms with Gasteiger partial charge < -0.3 is 29.3 Å². The van der Waals surface area contributed by atoms with Gasteiger partial charge in [-0.15, -0.1) is 11.8 Å². The molecule has 4 rings (SSSR count). The molecule has 1 aromatic rings. The number of nitrogens with zero attached hydrogens (tertiary/aromatic N) is 4. The summed E-state index contributed by atoms with van der Waals surface area (Å²) in [7, 11) is 4.76. The van der Waals surface area contributed by atoms with Gasteiger partial charge in [0, 0.05) is 44.6 Å². The Labute approximate surface area is 376 Å². The zero-order valence-corrected chi connectivity index (χ0v) is 40.6. The number of ether oxygens (including phenoxy) is 2. The molecule has 0 spiro atoms. The number of allylic oxidation sites excluding steroid dienone is 1. The lowest BCUT2D eigenvalue weighted by molar-refractivity contribution is -0.164. The predicted octanol–water partition coefficient (Wildman–Crippen LogP) is 7.40. The summed E-state index contributed by atoms with van der Waals surface area (Å²) in [5, 5.41) is 12.4. The number of carbonyl (C=O) groups excluding carboxylic acids is 5. The number of ketones is 1. The number of amides is 3. The van der Waals surface area contributed by atoms with Gasteiger partial charge >= 0.3 is 5.97 Å². The van der Waals surface area contributed by atoms with Crippen molar-refractivity contribution >= 4 is 46.3 Å². The number of hydrogen-bond donors (Lipinski definition) is 1. The van der Waals surface area contributed by atoms with E-state index in [1.54, 1.807) is 51.7 Å². The third kappa shape index (κ3) is 13.2. The SMILES string of the molecule is CC[C@H](C)[C@H]1C(=O)N2CCC[C@H]2C(=O)OC(C(C)CC(C)(C)C)C[C@@H](C)C[C@H](O)[C@H](C)C2=N[C@@H](/C=C(\C)C(=O)C[C@@H](Cc3ccc(OC)cc3)C(=O)N(C)[C@@H](C)C(=O)N1C)CS2. The number of cyclic esters (lactones) is 1. The number of esters is 1. The van der Waals surface area contributed by atoms with Crippen molar-refractivity contribution in [2.75, 3.05) is 33.5 Å². The topological polar surface area (TPSA) is 146 Å².